The summed E-state index contributed by atoms with van der Waals surface area (Å²) < 4.78 is 4.91. The number of nitrogens with one attached hydrogen (secondary N) is 2. The number of amides is 3. The van der Waals surface area contributed by atoms with Crippen LogP contribution in [0, 0.1) is 13.8 Å². The van der Waals surface area contributed by atoms with Crippen LogP contribution in [-0.2, 0) is 27.3 Å². The van der Waals surface area contributed by atoms with Gasteiger partial charge in [-0.15, -0.1) is 0 Å². The van der Waals surface area contributed by atoms with Crippen LogP contribution in [0.4, 0.5) is 4.79 Å². The van der Waals surface area contributed by atoms with Crippen molar-refractivity contribution in [1.29, 1.82) is 0 Å². The van der Waals surface area contributed by atoms with Crippen molar-refractivity contribution in [2.24, 2.45) is 0 Å². The Bertz CT molecular complexity index is 788. The van der Waals surface area contributed by atoms with E-state index >= 15 is 0 Å². The fourth-order valence-electron chi connectivity index (χ4n) is 2.26. The third-order valence-corrected chi connectivity index (χ3v) is 3.83. The van der Waals surface area contributed by atoms with E-state index in [-0.39, 0.29) is 6.42 Å². The largest absolute Gasteiger partial charge is 0.455 e. The first-order chi connectivity index (χ1) is 12.4. The molecule has 6 nitrogen and oxygen atoms in total. The molecule has 2 aromatic rings. The summed E-state index contributed by atoms with van der Waals surface area (Å²) in [5.74, 6) is -1.20. The topological polar surface area (TPSA) is 84.5 Å². The summed E-state index contributed by atoms with van der Waals surface area (Å²) >= 11 is 0. The lowest BCUT2D eigenvalue weighted by atomic mass is 10.0. The van der Waals surface area contributed by atoms with Gasteiger partial charge in [-0.3, -0.25) is 14.9 Å². The van der Waals surface area contributed by atoms with Crippen LogP contribution in [0.25, 0.3) is 0 Å². The van der Waals surface area contributed by atoms with Gasteiger partial charge in [0.15, 0.2) is 6.61 Å². The number of imide groups is 1. The smallest absolute Gasteiger partial charge is 0.321 e. The molecule has 2 rings (SSSR count). The van der Waals surface area contributed by atoms with Gasteiger partial charge in [0.05, 0.1) is 6.42 Å². The van der Waals surface area contributed by atoms with E-state index in [0.29, 0.717) is 6.54 Å². The van der Waals surface area contributed by atoms with Crippen molar-refractivity contribution in [3.05, 3.63) is 70.8 Å². The van der Waals surface area contributed by atoms with Crippen LogP contribution in [0.1, 0.15) is 22.3 Å². The molecule has 0 aromatic heterocycles. The monoisotopic (exact) mass is 354 g/mol. The lowest BCUT2D eigenvalue weighted by Crippen LogP contribution is -2.41. The van der Waals surface area contributed by atoms with Gasteiger partial charge in [0.25, 0.3) is 5.91 Å². The summed E-state index contributed by atoms with van der Waals surface area (Å²) in [5, 5.41) is 4.68. The summed E-state index contributed by atoms with van der Waals surface area (Å²) in [5.41, 5.74) is 3.96. The van der Waals surface area contributed by atoms with Crippen LogP contribution < -0.4 is 10.6 Å². The van der Waals surface area contributed by atoms with Crippen LogP contribution in [-0.4, -0.2) is 24.5 Å². The minimum atomic E-state index is -0.677. The molecule has 0 heterocycles. The normalized spacial score (nSPS) is 10.1. The van der Waals surface area contributed by atoms with Gasteiger partial charge in [0.1, 0.15) is 0 Å². The minimum Gasteiger partial charge on any atom is -0.455 e. The van der Waals surface area contributed by atoms with Gasteiger partial charge in [-0.25, -0.2) is 4.79 Å². The number of urea groups is 1. The molecule has 0 saturated heterocycles. The number of rotatable bonds is 6. The molecule has 0 atom stereocenters. The van der Waals surface area contributed by atoms with E-state index in [0.717, 1.165) is 22.3 Å². The number of carbonyl (C=O) groups excluding carboxylic acids is 3. The Morgan fingerprint density at radius 3 is 2.35 bits per heavy atom. The molecule has 3 amide bonds. The van der Waals surface area contributed by atoms with Crippen molar-refractivity contribution in [3.63, 3.8) is 0 Å². The first-order valence-electron chi connectivity index (χ1n) is 8.27. The van der Waals surface area contributed by atoms with Gasteiger partial charge in [-0.1, -0.05) is 48.5 Å². The van der Waals surface area contributed by atoms with E-state index in [1.807, 2.05) is 62.4 Å². The fraction of sp³-hybridized carbons (Fsp3) is 0.250. The Balaban J connectivity index is 1.69. The summed E-state index contributed by atoms with van der Waals surface area (Å²) in [7, 11) is 0. The SMILES string of the molecule is Cc1ccc(CC(=O)OCC(=O)NC(=O)NCc2ccccc2)cc1C. The predicted molar refractivity (Wildman–Crippen MR) is 97.4 cm³/mol. The Morgan fingerprint density at radius 1 is 0.923 bits per heavy atom. The van der Waals surface area contributed by atoms with E-state index in [2.05, 4.69) is 10.6 Å². The molecule has 0 aliphatic heterocycles. The number of esters is 1. The molecule has 2 N–H and O–H groups in total. The van der Waals surface area contributed by atoms with Crippen LogP contribution >= 0.6 is 0 Å². The molecule has 0 saturated carbocycles. The Kier molecular flexibility index (Phi) is 6.91. The van der Waals surface area contributed by atoms with E-state index in [1.54, 1.807) is 0 Å². The molecular weight excluding hydrogens is 332 g/mol. The standard InChI is InChI=1S/C20H22N2O4/c1-14-8-9-17(10-15(14)2)11-19(24)26-13-18(23)22-20(25)21-12-16-6-4-3-5-7-16/h3-10H,11-13H2,1-2H3,(H2,21,22,23,25). The summed E-state index contributed by atoms with van der Waals surface area (Å²) in [6.45, 7) is 3.76. The first kappa shape index (κ1) is 19.2. The zero-order valence-electron chi connectivity index (χ0n) is 14.9. The van der Waals surface area contributed by atoms with Gasteiger partial charge >= 0.3 is 12.0 Å². The maximum absolute atomic E-state index is 11.8. The van der Waals surface area contributed by atoms with E-state index in [1.165, 1.54) is 0 Å². The molecule has 136 valence electrons. The van der Waals surface area contributed by atoms with Crippen LogP contribution in [0.15, 0.2) is 48.5 Å². The molecule has 0 spiro atoms. The second kappa shape index (κ2) is 9.36. The minimum absolute atomic E-state index is 0.0780. The Hall–Kier alpha value is -3.15. The lowest BCUT2D eigenvalue weighted by molar-refractivity contribution is -0.147. The highest BCUT2D eigenvalue weighted by atomic mass is 16.5. The van der Waals surface area contributed by atoms with E-state index < -0.39 is 24.5 Å². The van der Waals surface area contributed by atoms with Gasteiger partial charge in [-0.2, -0.15) is 0 Å². The Morgan fingerprint density at radius 2 is 1.65 bits per heavy atom. The third-order valence-electron chi connectivity index (χ3n) is 3.83. The maximum atomic E-state index is 11.8. The van der Waals surface area contributed by atoms with Crippen molar-refractivity contribution in [2.45, 2.75) is 26.8 Å². The number of hydrogen-bond acceptors (Lipinski definition) is 4. The molecule has 0 unspecified atom stereocenters. The first-order valence-corrected chi connectivity index (χ1v) is 8.27. The molecule has 26 heavy (non-hydrogen) atoms. The number of benzene rings is 2. The zero-order valence-corrected chi connectivity index (χ0v) is 14.9. The molecule has 0 aliphatic rings. The highest BCUT2D eigenvalue weighted by Gasteiger charge is 2.11. The van der Waals surface area contributed by atoms with Crippen LogP contribution in [0.5, 0.6) is 0 Å². The Labute approximate surface area is 152 Å². The summed E-state index contributed by atoms with van der Waals surface area (Å²) in [4.78, 5) is 35.1. The van der Waals surface area contributed by atoms with Gasteiger partial charge in [0, 0.05) is 6.54 Å². The highest BCUT2D eigenvalue weighted by molar-refractivity contribution is 5.95. The second-order valence-corrected chi connectivity index (χ2v) is 5.97. The molecule has 0 radical (unpaired) electrons. The van der Waals surface area contributed by atoms with Gasteiger partial charge in [-0.05, 0) is 36.1 Å². The molecule has 2 aromatic carbocycles. The maximum Gasteiger partial charge on any atom is 0.321 e. The predicted octanol–water partition coefficient (Wildman–Crippen LogP) is 2.42. The van der Waals surface area contributed by atoms with Crippen LogP contribution in [0.3, 0.4) is 0 Å². The van der Waals surface area contributed by atoms with Crippen molar-refractivity contribution in [2.75, 3.05) is 6.61 Å². The summed E-state index contributed by atoms with van der Waals surface area (Å²) in [6, 6.07) is 14.4. The van der Waals surface area contributed by atoms with Crippen molar-refractivity contribution < 1.29 is 19.1 Å². The summed E-state index contributed by atoms with van der Waals surface area (Å²) in [6.07, 6.45) is 0.0780. The second-order valence-electron chi connectivity index (χ2n) is 5.97. The number of carbonyl (C=O) groups is 3. The molecule has 0 fully saturated rings. The molecule has 0 bridgehead atoms. The third kappa shape index (κ3) is 6.39. The molecular formula is C20H22N2O4. The van der Waals surface area contributed by atoms with Gasteiger partial charge in [0.2, 0.25) is 0 Å². The quantitative estimate of drug-likeness (QED) is 0.780. The van der Waals surface area contributed by atoms with Crippen LogP contribution in [0.2, 0.25) is 0 Å². The zero-order chi connectivity index (χ0) is 18.9. The average molecular weight is 354 g/mol. The van der Waals surface area contributed by atoms with E-state index in [9.17, 15) is 14.4 Å². The average Bonchev–Trinajstić information content (AvgIpc) is 2.62. The lowest BCUT2D eigenvalue weighted by Gasteiger charge is -2.08. The number of hydrogen-bond donors (Lipinski definition) is 2. The van der Waals surface area contributed by atoms with Crippen molar-refractivity contribution >= 4 is 17.9 Å². The fourth-order valence-corrected chi connectivity index (χ4v) is 2.26. The van der Waals surface area contributed by atoms with Crippen molar-refractivity contribution in [3.8, 4) is 0 Å². The number of ether oxygens (including phenoxy) is 1. The van der Waals surface area contributed by atoms with Gasteiger partial charge < -0.3 is 10.1 Å². The van der Waals surface area contributed by atoms with Crippen molar-refractivity contribution in [1.82, 2.24) is 10.6 Å². The molecule has 6 heteroatoms. The van der Waals surface area contributed by atoms with E-state index in [4.69, 9.17) is 4.74 Å². The molecule has 0 aliphatic carbocycles. The highest BCUT2D eigenvalue weighted by Crippen LogP contribution is 2.10. The number of aryl methyl sites for hydroxylation is 2.